The second kappa shape index (κ2) is 7.09. The van der Waals surface area contributed by atoms with Crippen molar-refractivity contribution >= 4 is 27.1 Å². The maximum Gasteiger partial charge on any atom is 0.264 e. The molecule has 1 fully saturated rings. The number of nitrogens with zero attached hydrogens (tertiary/aromatic N) is 1. The molecule has 1 aromatic heterocycles. The lowest BCUT2D eigenvalue weighted by molar-refractivity contribution is 0.0878. The molecule has 1 aliphatic heterocycles. The molecule has 1 N–H and O–H groups in total. The third-order valence-electron chi connectivity index (χ3n) is 4.56. The Balaban J connectivity index is 1.91. The van der Waals surface area contributed by atoms with Gasteiger partial charge >= 0.3 is 0 Å². The normalized spacial score (nSPS) is 20.5. The first-order valence-electron chi connectivity index (χ1n) is 8.37. The summed E-state index contributed by atoms with van der Waals surface area (Å²) in [6.07, 6.45) is 1.81. The van der Waals surface area contributed by atoms with Crippen molar-refractivity contribution in [3.8, 4) is 0 Å². The standard InChI is InChI=1S/C18H22N2O4S2/c1-12(2)15-16(25-11-19-15)17(21)20-18(8-9-24-10-18)13-4-6-14(7-5-13)26(3,22)23/h4-7,11-12H,8-10H2,1-3H3,(H,20,21). The lowest BCUT2D eigenvalue weighted by Gasteiger charge is -2.29. The molecule has 2 aromatic rings. The Hall–Kier alpha value is -1.77. The fourth-order valence-electron chi connectivity index (χ4n) is 3.09. The van der Waals surface area contributed by atoms with Gasteiger partial charge in [-0.15, -0.1) is 11.3 Å². The largest absolute Gasteiger partial charge is 0.379 e. The molecule has 1 saturated heterocycles. The zero-order valence-electron chi connectivity index (χ0n) is 15.0. The summed E-state index contributed by atoms with van der Waals surface area (Å²) in [5.41, 5.74) is 2.65. The SMILES string of the molecule is CC(C)c1ncsc1C(=O)NC1(c2ccc(S(C)(=O)=O)cc2)CCOC1. The molecule has 0 radical (unpaired) electrons. The van der Waals surface area contributed by atoms with Crippen LogP contribution in [0.1, 0.15) is 47.1 Å². The highest BCUT2D eigenvalue weighted by Crippen LogP contribution is 2.32. The zero-order chi connectivity index (χ0) is 18.9. The van der Waals surface area contributed by atoms with Crippen LogP contribution in [0.25, 0.3) is 0 Å². The van der Waals surface area contributed by atoms with Crippen molar-refractivity contribution < 1.29 is 17.9 Å². The van der Waals surface area contributed by atoms with Gasteiger partial charge in [0.25, 0.3) is 5.91 Å². The highest BCUT2D eigenvalue weighted by Gasteiger charge is 2.39. The van der Waals surface area contributed by atoms with E-state index < -0.39 is 15.4 Å². The molecule has 1 atom stereocenters. The number of hydrogen-bond acceptors (Lipinski definition) is 6. The second-order valence-corrected chi connectivity index (χ2v) is 9.73. The van der Waals surface area contributed by atoms with Crippen molar-refractivity contribution in [3.05, 3.63) is 45.9 Å². The quantitative estimate of drug-likeness (QED) is 0.843. The van der Waals surface area contributed by atoms with E-state index in [0.717, 1.165) is 11.3 Å². The number of thiazole rings is 1. The third kappa shape index (κ3) is 3.67. The first kappa shape index (κ1) is 19.0. The van der Waals surface area contributed by atoms with E-state index in [-0.39, 0.29) is 16.7 Å². The number of carbonyl (C=O) groups is 1. The van der Waals surface area contributed by atoms with Crippen molar-refractivity contribution in [2.75, 3.05) is 19.5 Å². The summed E-state index contributed by atoms with van der Waals surface area (Å²) in [5.74, 6) is -0.0132. The smallest absolute Gasteiger partial charge is 0.264 e. The average molecular weight is 395 g/mol. The van der Waals surface area contributed by atoms with E-state index in [4.69, 9.17) is 4.74 Å². The molecule has 8 heteroatoms. The van der Waals surface area contributed by atoms with Gasteiger partial charge < -0.3 is 10.1 Å². The maximum atomic E-state index is 12.9. The molecule has 1 unspecified atom stereocenters. The Morgan fingerprint density at radius 1 is 1.31 bits per heavy atom. The number of hydrogen-bond donors (Lipinski definition) is 1. The summed E-state index contributed by atoms with van der Waals surface area (Å²) < 4.78 is 28.9. The first-order chi connectivity index (χ1) is 12.2. The number of nitrogens with one attached hydrogen (secondary N) is 1. The van der Waals surface area contributed by atoms with Gasteiger partial charge in [-0.3, -0.25) is 4.79 Å². The Morgan fingerprint density at radius 2 is 2.00 bits per heavy atom. The molecule has 6 nitrogen and oxygen atoms in total. The van der Waals surface area contributed by atoms with Gasteiger partial charge in [-0.1, -0.05) is 26.0 Å². The molecule has 26 heavy (non-hydrogen) atoms. The Kier molecular flexibility index (Phi) is 5.18. The first-order valence-corrected chi connectivity index (χ1v) is 11.1. The summed E-state index contributed by atoms with van der Waals surface area (Å²) in [6.45, 7) is 4.90. The van der Waals surface area contributed by atoms with Crippen LogP contribution in [-0.2, 0) is 20.1 Å². The lowest BCUT2D eigenvalue weighted by atomic mass is 9.89. The summed E-state index contributed by atoms with van der Waals surface area (Å²) in [7, 11) is -3.26. The van der Waals surface area contributed by atoms with E-state index in [0.29, 0.717) is 24.5 Å². The monoisotopic (exact) mass is 394 g/mol. The van der Waals surface area contributed by atoms with Gasteiger partial charge in [-0.2, -0.15) is 0 Å². The van der Waals surface area contributed by atoms with Crippen molar-refractivity contribution in [1.82, 2.24) is 10.3 Å². The van der Waals surface area contributed by atoms with Crippen LogP contribution in [0.3, 0.4) is 0 Å². The van der Waals surface area contributed by atoms with Crippen molar-refractivity contribution in [1.29, 1.82) is 0 Å². The molecular formula is C18H22N2O4S2. The van der Waals surface area contributed by atoms with Gasteiger partial charge in [0, 0.05) is 19.3 Å². The topological polar surface area (TPSA) is 85.4 Å². The molecule has 0 bridgehead atoms. The fraction of sp³-hybridized carbons (Fsp3) is 0.444. The highest BCUT2D eigenvalue weighted by molar-refractivity contribution is 7.90. The van der Waals surface area contributed by atoms with Gasteiger partial charge in [0.2, 0.25) is 0 Å². The molecule has 0 spiro atoms. The van der Waals surface area contributed by atoms with E-state index in [9.17, 15) is 13.2 Å². The third-order valence-corrected chi connectivity index (χ3v) is 6.53. The van der Waals surface area contributed by atoms with Gasteiger partial charge in [0.1, 0.15) is 4.88 Å². The molecule has 2 heterocycles. The van der Waals surface area contributed by atoms with Gasteiger partial charge in [-0.25, -0.2) is 13.4 Å². The predicted molar refractivity (Wildman–Crippen MR) is 100 cm³/mol. The van der Waals surface area contributed by atoms with E-state index >= 15 is 0 Å². The zero-order valence-corrected chi connectivity index (χ0v) is 16.6. The van der Waals surface area contributed by atoms with Crippen LogP contribution in [0, 0.1) is 0 Å². The van der Waals surface area contributed by atoms with Gasteiger partial charge in [0.15, 0.2) is 9.84 Å². The van der Waals surface area contributed by atoms with Crippen LogP contribution in [0.5, 0.6) is 0 Å². The minimum atomic E-state index is -3.26. The fourth-order valence-corrected chi connectivity index (χ4v) is 4.56. The lowest BCUT2D eigenvalue weighted by Crippen LogP contribution is -2.46. The second-order valence-electron chi connectivity index (χ2n) is 6.86. The number of rotatable bonds is 5. The molecule has 1 aliphatic rings. The van der Waals surface area contributed by atoms with E-state index in [2.05, 4.69) is 10.3 Å². The van der Waals surface area contributed by atoms with Crippen LogP contribution in [0.2, 0.25) is 0 Å². The van der Waals surface area contributed by atoms with Gasteiger partial charge in [-0.05, 0) is 23.6 Å². The summed E-state index contributed by atoms with van der Waals surface area (Å²) >= 11 is 1.33. The van der Waals surface area contributed by atoms with Crippen molar-refractivity contribution in [3.63, 3.8) is 0 Å². The summed E-state index contributed by atoms with van der Waals surface area (Å²) in [6, 6.07) is 6.65. The Labute approximate surface area is 157 Å². The predicted octanol–water partition coefficient (Wildman–Crippen LogP) is 2.72. The van der Waals surface area contributed by atoms with Crippen LogP contribution in [0.15, 0.2) is 34.7 Å². The maximum absolute atomic E-state index is 12.9. The minimum Gasteiger partial charge on any atom is -0.379 e. The van der Waals surface area contributed by atoms with E-state index in [1.54, 1.807) is 29.8 Å². The average Bonchev–Trinajstić information content (AvgIpc) is 3.24. The van der Waals surface area contributed by atoms with Crippen LogP contribution in [0.4, 0.5) is 0 Å². The number of aromatic nitrogens is 1. The molecular weight excluding hydrogens is 372 g/mol. The Bertz CT molecular complexity index is 896. The minimum absolute atomic E-state index is 0.159. The van der Waals surface area contributed by atoms with Crippen LogP contribution >= 0.6 is 11.3 Å². The number of benzene rings is 1. The van der Waals surface area contributed by atoms with Crippen LogP contribution < -0.4 is 5.32 Å². The summed E-state index contributed by atoms with van der Waals surface area (Å²) in [5, 5.41) is 3.12. The molecule has 140 valence electrons. The number of amides is 1. The molecule has 0 aliphatic carbocycles. The van der Waals surface area contributed by atoms with Gasteiger partial charge in [0.05, 0.1) is 28.2 Å². The number of carbonyl (C=O) groups excluding carboxylic acids is 1. The molecule has 0 saturated carbocycles. The van der Waals surface area contributed by atoms with Crippen LogP contribution in [-0.4, -0.2) is 38.8 Å². The molecule has 1 aromatic carbocycles. The number of ether oxygens (including phenoxy) is 1. The Morgan fingerprint density at radius 3 is 2.54 bits per heavy atom. The summed E-state index contributed by atoms with van der Waals surface area (Å²) in [4.78, 5) is 18.1. The molecule has 3 rings (SSSR count). The van der Waals surface area contributed by atoms with E-state index in [1.165, 1.54) is 17.6 Å². The highest BCUT2D eigenvalue weighted by atomic mass is 32.2. The number of sulfone groups is 1. The van der Waals surface area contributed by atoms with Crippen molar-refractivity contribution in [2.24, 2.45) is 0 Å². The van der Waals surface area contributed by atoms with E-state index in [1.807, 2.05) is 13.8 Å². The molecule has 1 amide bonds. The van der Waals surface area contributed by atoms with Crippen molar-refractivity contribution in [2.45, 2.75) is 36.6 Å².